The molecule has 0 fully saturated rings. The third kappa shape index (κ3) is 4.81. The van der Waals surface area contributed by atoms with Crippen molar-refractivity contribution in [3.8, 4) is 0 Å². The summed E-state index contributed by atoms with van der Waals surface area (Å²) in [5, 5.41) is 5.72. The molecule has 0 saturated carbocycles. The van der Waals surface area contributed by atoms with E-state index in [0.29, 0.717) is 6.54 Å². The van der Waals surface area contributed by atoms with Crippen molar-refractivity contribution >= 4 is 34.3 Å². The average molecular weight is 371 g/mol. The maximum Gasteiger partial charge on any atom is 0.319 e. The van der Waals surface area contributed by atoms with Crippen LogP contribution in [-0.4, -0.2) is 17.6 Å². The molecule has 1 aromatic rings. The van der Waals surface area contributed by atoms with Crippen LogP contribution in [0.4, 0.5) is 10.5 Å². The molecule has 0 aromatic carbocycles. The van der Waals surface area contributed by atoms with Crippen molar-refractivity contribution in [2.75, 3.05) is 11.9 Å². The van der Waals surface area contributed by atoms with Crippen molar-refractivity contribution in [2.24, 2.45) is 0 Å². The normalized spacial score (nSPS) is 14.7. The van der Waals surface area contributed by atoms with Crippen LogP contribution in [-0.2, 0) is 0 Å². The van der Waals surface area contributed by atoms with E-state index in [2.05, 4.69) is 44.3 Å². The first-order valence-corrected chi connectivity index (χ1v) is 7.66. The minimum atomic E-state index is -0.152. The first-order chi connectivity index (χ1) is 9.25. The number of anilines is 1. The molecule has 0 radical (unpaired) electrons. The Kier molecular flexibility index (Phi) is 5.62. The van der Waals surface area contributed by atoms with Gasteiger partial charge >= 0.3 is 6.03 Å². The first kappa shape index (κ1) is 14.3. The number of carbonyl (C=O) groups excluding carboxylic acids is 1. The Morgan fingerprint density at radius 2 is 2.32 bits per heavy atom. The highest BCUT2D eigenvalue weighted by Gasteiger charge is 2.06. The van der Waals surface area contributed by atoms with Crippen LogP contribution in [0, 0.1) is 3.57 Å². The third-order valence-corrected chi connectivity index (χ3v) is 4.00. The van der Waals surface area contributed by atoms with Crippen LogP contribution in [0.25, 0.3) is 0 Å². The van der Waals surface area contributed by atoms with Crippen molar-refractivity contribution in [3.05, 3.63) is 33.7 Å². The van der Waals surface area contributed by atoms with Crippen molar-refractivity contribution in [1.29, 1.82) is 0 Å². The van der Waals surface area contributed by atoms with Gasteiger partial charge < -0.3 is 10.6 Å². The molecule has 102 valence electrons. The zero-order valence-corrected chi connectivity index (χ0v) is 12.9. The molecule has 0 spiro atoms. The molecule has 0 unspecified atom stereocenters. The van der Waals surface area contributed by atoms with E-state index in [4.69, 9.17) is 0 Å². The van der Waals surface area contributed by atoms with Gasteiger partial charge in [0, 0.05) is 18.9 Å². The van der Waals surface area contributed by atoms with Gasteiger partial charge in [-0.15, -0.1) is 0 Å². The Morgan fingerprint density at radius 3 is 3.05 bits per heavy atom. The molecule has 1 aromatic heterocycles. The summed E-state index contributed by atoms with van der Waals surface area (Å²) < 4.78 is 0.935. The number of carbonyl (C=O) groups is 1. The highest BCUT2D eigenvalue weighted by atomic mass is 127. The number of hydrogen-bond acceptors (Lipinski definition) is 2. The van der Waals surface area contributed by atoms with E-state index in [1.54, 1.807) is 18.5 Å². The van der Waals surface area contributed by atoms with Gasteiger partial charge in [0.1, 0.15) is 0 Å². The predicted octanol–water partition coefficient (Wildman–Crippen LogP) is 3.70. The molecular formula is C14H18IN3O. The minimum Gasteiger partial charge on any atom is -0.338 e. The summed E-state index contributed by atoms with van der Waals surface area (Å²) in [6.07, 6.45) is 11.6. The molecule has 0 bridgehead atoms. The molecule has 1 aliphatic carbocycles. The van der Waals surface area contributed by atoms with E-state index in [1.165, 1.54) is 31.3 Å². The number of hydrogen-bond donors (Lipinski definition) is 2. The summed E-state index contributed by atoms with van der Waals surface area (Å²) in [4.78, 5) is 15.7. The van der Waals surface area contributed by atoms with E-state index in [9.17, 15) is 4.79 Å². The van der Waals surface area contributed by atoms with Crippen LogP contribution in [0.3, 0.4) is 0 Å². The van der Waals surface area contributed by atoms with Crippen LogP contribution < -0.4 is 10.6 Å². The number of allylic oxidation sites excluding steroid dienone is 1. The van der Waals surface area contributed by atoms with E-state index in [0.717, 1.165) is 15.7 Å². The smallest absolute Gasteiger partial charge is 0.319 e. The van der Waals surface area contributed by atoms with Crippen LogP contribution in [0.2, 0.25) is 0 Å². The minimum absolute atomic E-state index is 0.152. The van der Waals surface area contributed by atoms with Crippen LogP contribution >= 0.6 is 22.6 Å². The number of pyridine rings is 1. The van der Waals surface area contributed by atoms with Crippen molar-refractivity contribution in [2.45, 2.75) is 32.1 Å². The average Bonchev–Trinajstić information content (AvgIpc) is 2.43. The lowest BCUT2D eigenvalue weighted by atomic mass is 9.97. The quantitative estimate of drug-likeness (QED) is 0.627. The van der Waals surface area contributed by atoms with Gasteiger partial charge in [-0.1, -0.05) is 11.6 Å². The maximum atomic E-state index is 11.7. The van der Waals surface area contributed by atoms with Crippen LogP contribution in [0.15, 0.2) is 30.1 Å². The van der Waals surface area contributed by atoms with Crippen LogP contribution in [0.5, 0.6) is 0 Å². The Morgan fingerprint density at radius 1 is 1.42 bits per heavy atom. The van der Waals surface area contributed by atoms with E-state index >= 15 is 0 Å². The zero-order chi connectivity index (χ0) is 13.5. The number of halogens is 1. The number of aromatic nitrogens is 1. The highest BCUT2D eigenvalue weighted by Crippen LogP contribution is 2.19. The summed E-state index contributed by atoms with van der Waals surface area (Å²) >= 11 is 2.15. The van der Waals surface area contributed by atoms with Gasteiger partial charge in [0.05, 0.1) is 9.26 Å². The molecule has 0 saturated heterocycles. The van der Waals surface area contributed by atoms with Crippen molar-refractivity contribution < 1.29 is 4.79 Å². The Hall–Kier alpha value is -1.11. The fourth-order valence-electron chi connectivity index (χ4n) is 2.11. The number of amides is 2. The summed E-state index contributed by atoms with van der Waals surface area (Å²) in [7, 11) is 0. The summed E-state index contributed by atoms with van der Waals surface area (Å²) in [5.74, 6) is 0. The first-order valence-electron chi connectivity index (χ1n) is 6.58. The largest absolute Gasteiger partial charge is 0.338 e. The molecule has 0 atom stereocenters. The van der Waals surface area contributed by atoms with Gasteiger partial charge in [-0.25, -0.2) is 4.79 Å². The Labute approximate surface area is 127 Å². The Bertz CT molecular complexity index is 474. The number of nitrogens with zero attached hydrogens (tertiary/aromatic N) is 1. The SMILES string of the molecule is O=C(NCCC1=CCCCC1)Nc1ccncc1I. The lowest BCUT2D eigenvalue weighted by Crippen LogP contribution is -2.30. The second-order valence-electron chi connectivity index (χ2n) is 4.59. The summed E-state index contributed by atoms with van der Waals surface area (Å²) in [6.45, 7) is 0.694. The number of nitrogens with one attached hydrogen (secondary N) is 2. The molecular weight excluding hydrogens is 353 g/mol. The van der Waals surface area contributed by atoms with Gasteiger partial charge in [-0.05, 0) is 60.8 Å². The molecule has 5 heteroatoms. The fraction of sp³-hybridized carbons (Fsp3) is 0.429. The topological polar surface area (TPSA) is 54.0 Å². The third-order valence-electron chi connectivity index (χ3n) is 3.14. The highest BCUT2D eigenvalue weighted by molar-refractivity contribution is 14.1. The zero-order valence-electron chi connectivity index (χ0n) is 10.8. The molecule has 4 nitrogen and oxygen atoms in total. The molecule has 0 aliphatic heterocycles. The van der Waals surface area contributed by atoms with Gasteiger partial charge in [0.2, 0.25) is 0 Å². The second kappa shape index (κ2) is 7.47. The molecule has 1 aliphatic rings. The molecule has 2 N–H and O–H groups in total. The molecule has 2 amide bonds. The predicted molar refractivity (Wildman–Crippen MR) is 85.1 cm³/mol. The Balaban J connectivity index is 1.73. The van der Waals surface area contributed by atoms with Gasteiger partial charge in [0.25, 0.3) is 0 Å². The standard InChI is InChI=1S/C14H18IN3O/c15-12-10-16-8-7-13(12)18-14(19)17-9-6-11-4-2-1-3-5-11/h4,7-8,10H,1-3,5-6,9H2,(H2,16,17,18,19). The maximum absolute atomic E-state index is 11.7. The van der Waals surface area contributed by atoms with Crippen molar-refractivity contribution in [1.82, 2.24) is 10.3 Å². The molecule has 19 heavy (non-hydrogen) atoms. The number of urea groups is 1. The lowest BCUT2D eigenvalue weighted by Gasteiger charge is -2.13. The second-order valence-corrected chi connectivity index (χ2v) is 5.76. The molecule has 1 heterocycles. The lowest BCUT2D eigenvalue weighted by molar-refractivity contribution is 0.252. The van der Waals surface area contributed by atoms with E-state index in [1.807, 2.05) is 0 Å². The van der Waals surface area contributed by atoms with Gasteiger partial charge in [0.15, 0.2) is 0 Å². The summed E-state index contributed by atoms with van der Waals surface area (Å²) in [6, 6.07) is 1.64. The van der Waals surface area contributed by atoms with E-state index < -0.39 is 0 Å². The molecule has 2 rings (SSSR count). The monoisotopic (exact) mass is 371 g/mol. The van der Waals surface area contributed by atoms with Crippen LogP contribution in [0.1, 0.15) is 32.1 Å². The van der Waals surface area contributed by atoms with E-state index in [-0.39, 0.29) is 6.03 Å². The fourth-order valence-corrected chi connectivity index (χ4v) is 2.59. The van der Waals surface area contributed by atoms with Crippen molar-refractivity contribution in [3.63, 3.8) is 0 Å². The number of rotatable bonds is 4. The summed E-state index contributed by atoms with van der Waals surface area (Å²) in [5.41, 5.74) is 2.27. The van der Waals surface area contributed by atoms with Gasteiger partial charge in [-0.3, -0.25) is 4.98 Å². The van der Waals surface area contributed by atoms with Gasteiger partial charge in [-0.2, -0.15) is 0 Å².